The predicted octanol–water partition coefficient (Wildman–Crippen LogP) is 2.38. The molecule has 0 aliphatic carbocycles. The van der Waals surface area contributed by atoms with Gasteiger partial charge in [0.25, 0.3) is 0 Å². The zero-order chi connectivity index (χ0) is 12.3. The topological polar surface area (TPSA) is 55.2 Å². The van der Waals surface area contributed by atoms with Crippen molar-refractivity contribution in [3.05, 3.63) is 47.4 Å². The number of aromatic nitrogens is 2. The quantitative estimate of drug-likeness (QED) is 0.879. The van der Waals surface area contributed by atoms with Crippen LogP contribution >= 0.6 is 0 Å². The molecule has 4 nitrogen and oxygen atoms in total. The maximum absolute atomic E-state index is 9.05. The largest absolute Gasteiger partial charge is 0.437 e. The average Bonchev–Trinajstić information content (AvgIpc) is 2.32. The first-order chi connectivity index (χ1) is 8.20. The molecule has 0 aliphatic rings. The monoisotopic (exact) mass is 230 g/mol. The van der Waals surface area contributed by atoms with Crippen LogP contribution in [0.3, 0.4) is 0 Å². The van der Waals surface area contributed by atoms with Crippen molar-refractivity contribution in [3.63, 3.8) is 0 Å². The highest BCUT2D eigenvalue weighted by Crippen LogP contribution is 2.22. The average molecular weight is 230 g/mol. The van der Waals surface area contributed by atoms with E-state index in [0.29, 0.717) is 11.6 Å². The molecule has 0 atom stereocenters. The first-order valence-corrected chi connectivity index (χ1v) is 5.37. The summed E-state index contributed by atoms with van der Waals surface area (Å²) in [4.78, 5) is 8.41. The zero-order valence-electron chi connectivity index (χ0n) is 9.84. The van der Waals surface area contributed by atoms with E-state index >= 15 is 0 Å². The van der Waals surface area contributed by atoms with Crippen molar-refractivity contribution in [3.8, 4) is 11.6 Å². The summed E-state index contributed by atoms with van der Waals surface area (Å²) >= 11 is 0. The van der Waals surface area contributed by atoms with Gasteiger partial charge in [-0.3, -0.25) is 4.98 Å². The SMILES string of the molecule is Cc1nc(Oc2cccnc2C)ccc1CO. The lowest BCUT2D eigenvalue weighted by Gasteiger charge is -2.08. The van der Waals surface area contributed by atoms with Gasteiger partial charge in [-0.25, -0.2) is 4.98 Å². The Morgan fingerprint density at radius 3 is 2.65 bits per heavy atom. The van der Waals surface area contributed by atoms with Crippen molar-refractivity contribution in [2.45, 2.75) is 20.5 Å². The minimum atomic E-state index is -0.00890. The van der Waals surface area contributed by atoms with Gasteiger partial charge in [0, 0.05) is 18.0 Å². The van der Waals surface area contributed by atoms with Gasteiger partial charge in [-0.05, 0) is 37.6 Å². The molecule has 0 saturated carbocycles. The lowest BCUT2D eigenvalue weighted by atomic mass is 10.2. The summed E-state index contributed by atoms with van der Waals surface area (Å²) in [5.41, 5.74) is 2.39. The Labute approximate surface area is 99.9 Å². The third kappa shape index (κ3) is 2.60. The number of ether oxygens (including phenoxy) is 1. The fourth-order valence-electron chi connectivity index (χ4n) is 1.48. The Morgan fingerprint density at radius 2 is 2.00 bits per heavy atom. The van der Waals surface area contributed by atoms with Crippen LogP contribution in [0.15, 0.2) is 30.5 Å². The fraction of sp³-hybridized carbons (Fsp3) is 0.231. The van der Waals surface area contributed by atoms with E-state index in [2.05, 4.69) is 9.97 Å². The van der Waals surface area contributed by atoms with Crippen LogP contribution in [0.2, 0.25) is 0 Å². The fourth-order valence-corrected chi connectivity index (χ4v) is 1.48. The second-order valence-electron chi connectivity index (χ2n) is 3.74. The smallest absolute Gasteiger partial charge is 0.219 e. The minimum absolute atomic E-state index is 0.00890. The van der Waals surface area contributed by atoms with Crippen molar-refractivity contribution < 1.29 is 9.84 Å². The summed E-state index contributed by atoms with van der Waals surface area (Å²) in [7, 11) is 0. The molecule has 0 radical (unpaired) electrons. The highest BCUT2D eigenvalue weighted by Gasteiger charge is 2.05. The Balaban J connectivity index is 2.25. The van der Waals surface area contributed by atoms with Gasteiger partial charge in [-0.15, -0.1) is 0 Å². The summed E-state index contributed by atoms with van der Waals surface area (Å²) in [6.07, 6.45) is 1.72. The Hall–Kier alpha value is -1.94. The molecule has 1 N–H and O–H groups in total. The molecule has 88 valence electrons. The van der Waals surface area contributed by atoms with Crippen LogP contribution in [-0.4, -0.2) is 15.1 Å². The lowest BCUT2D eigenvalue weighted by Crippen LogP contribution is -1.96. The van der Waals surface area contributed by atoms with E-state index in [9.17, 15) is 0 Å². The van der Waals surface area contributed by atoms with E-state index in [1.165, 1.54) is 0 Å². The van der Waals surface area contributed by atoms with Crippen molar-refractivity contribution in [1.29, 1.82) is 0 Å². The predicted molar refractivity (Wildman–Crippen MR) is 63.9 cm³/mol. The van der Waals surface area contributed by atoms with Gasteiger partial charge in [0.1, 0.15) is 0 Å². The highest BCUT2D eigenvalue weighted by molar-refractivity contribution is 5.32. The number of rotatable bonds is 3. The van der Waals surface area contributed by atoms with E-state index in [4.69, 9.17) is 9.84 Å². The molecule has 0 fully saturated rings. The third-order valence-corrected chi connectivity index (χ3v) is 2.51. The van der Waals surface area contributed by atoms with Crippen LogP contribution in [0.4, 0.5) is 0 Å². The number of hydrogen-bond acceptors (Lipinski definition) is 4. The summed E-state index contributed by atoms with van der Waals surface area (Å²) < 4.78 is 5.63. The van der Waals surface area contributed by atoms with Gasteiger partial charge in [-0.2, -0.15) is 0 Å². The Kier molecular flexibility index (Phi) is 3.35. The second kappa shape index (κ2) is 4.93. The summed E-state index contributed by atoms with van der Waals surface area (Å²) in [5.74, 6) is 1.20. The first kappa shape index (κ1) is 11.5. The zero-order valence-corrected chi connectivity index (χ0v) is 9.84. The molecule has 4 heteroatoms. The van der Waals surface area contributed by atoms with Crippen LogP contribution in [-0.2, 0) is 6.61 Å². The van der Waals surface area contributed by atoms with Crippen LogP contribution < -0.4 is 4.74 Å². The van der Waals surface area contributed by atoms with E-state index in [-0.39, 0.29) is 6.61 Å². The number of aliphatic hydroxyl groups excluding tert-OH is 1. The number of nitrogens with zero attached hydrogens (tertiary/aromatic N) is 2. The van der Waals surface area contributed by atoms with Gasteiger partial charge in [0.05, 0.1) is 12.3 Å². The molecular formula is C13H14N2O2. The standard InChI is InChI=1S/C13H14N2O2/c1-9-11(8-16)5-6-13(15-9)17-12-4-3-7-14-10(12)2/h3-7,16H,8H2,1-2H3. The molecule has 0 aliphatic heterocycles. The molecule has 0 bridgehead atoms. The van der Waals surface area contributed by atoms with Crippen molar-refractivity contribution in [2.24, 2.45) is 0 Å². The normalized spacial score (nSPS) is 10.3. The van der Waals surface area contributed by atoms with Crippen molar-refractivity contribution in [2.75, 3.05) is 0 Å². The Bertz CT molecular complexity index is 527. The maximum Gasteiger partial charge on any atom is 0.219 e. The van der Waals surface area contributed by atoms with Gasteiger partial charge in [0.15, 0.2) is 5.75 Å². The summed E-state index contributed by atoms with van der Waals surface area (Å²) in [6.45, 7) is 3.71. The number of pyridine rings is 2. The maximum atomic E-state index is 9.05. The van der Waals surface area contributed by atoms with Gasteiger partial charge >= 0.3 is 0 Å². The second-order valence-corrected chi connectivity index (χ2v) is 3.74. The molecule has 0 saturated heterocycles. The number of hydrogen-bond donors (Lipinski definition) is 1. The summed E-state index contributed by atoms with van der Waals surface area (Å²) in [5, 5.41) is 9.05. The van der Waals surface area contributed by atoms with Gasteiger partial charge in [-0.1, -0.05) is 0 Å². The lowest BCUT2D eigenvalue weighted by molar-refractivity contribution is 0.280. The Morgan fingerprint density at radius 1 is 1.18 bits per heavy atom. The molecule has 2 rings (SSSR count). The van der Waals surface area contributed by atoms with E-state index in [1.807, 2.05) is 32.0 Å². The number of aliphatic hydroxyl groups is 1. The van der Waals surface area contributed by atoms with Crippen molar-refractivity contribution >= 4 is 0 Å². The molecule has 17 heavy (non-hydrogen) atoms. The molecule has 0 spiro atoms. The van der Waals surface area contributed by atoms with Gasteiger partial charge in [0.2, 0.25) is 5.88 Å². The van der Waals surface area contributed by atoms with E-state index in [0.717, 1.165) is 17.0 Å². The van der Waals surface area contributed by atoms with Crippen LogP contribution in [0.5, 0.6) is 11.6 Å². The molecule has 0 amide bonds. The van der Waals surface area contributed by atoms with E-state index < -0.39 is 0 Å². The molecule has 2 heterocycles. The highest BCUT2D eigenvalue weighted by atomic mass is 16.5. The first-order valence-electron chi connectivity index (χ1n) is 5.37. The molecular weight excluding hydrogens is 216 g/mol. The van der Waals surface area contributed by atoms with Gasteiger partial charge < -0.3 is 9.84 Å². The summed E-state index contributed by atoms with van der Waals surface area (Å²) in [6, 6.07) is 7.21. The van der Waals surface area contributed by atoms with Crippen LogP contribution in [0.1, 0.15) is 17.0 Å². The molecule has 2 aromatic rings. The van der Waals surface area contributed by atoms with E-state index in [1.54, 1.807) is 12.3 Å². The van der Waals surface area contributed by atoms with Crippen LogP contribution in [0, 0.1) is 13.8 Å². The molecule has 2 aromatic heterocycles. The van der Waals surface area contributed by atoms with Crippen molar-refractivity contribution in [1.82, 2.24) is 9.97 Å². The third-order valence-electron chi connectivity index (χ3n) is 2.51. The van der Waals surface area contributed by atoms with Crippen LogP contribution in [0.25, 0.3) is 0 Å². The number of aryl methyl sites for hydroxylation is 2. The minimum Gasteiger partial charge on any atom is -0.437 e. The molecule has 0 aromatic carbocycles. The molecule has 0 unspecified atom stereocenters.